The lowest BCUT2D eigenvalue weighted by Gasteiger charge is -2.30. The average Bonchev–Trinajstić information content (AvgIpc) is 2.58. The van der Waals surface area contributed by atoms with Crippen molar-refractivity contribution in [2.75, 3.05) is 7.11 Å². The van der Waals surface area contributed by atoms with Crippen LogP contribution in [0.1, 0.15) is 76.6 Å². The van der Waals surface area contributed by atoms with Gasteiger partial charge in [-0.05, 0) is 70.9 Å². The summed E-state index contributed by atoms with van der Waals surface area (Å²) in [4.78, 5) is 4.86. The molecule has 0 atom stereocenters. The zero-order chi connectivity index (χ0) is 19.1. The number of ether oxygens (including phenoxy) is 1. The third-order valence-corrected chi connectivity index (χ3v) is 5.51. The van der Waals surface area contributed by atoms with Crippen LogP contribution in [0, 0.1) is 0 Å². The Morgan fingerprint density at radius 2 is 1.62 bits per heavy atom. The lowest BCUT2D eigenvalue weighted by Crippen LogP contribution is -2.19. The Balaban J connectivity index is 2.34. The summed E-state index contributed by atoms with van der Waals surface area (Å²) in [5, 5.41) is 0. The molecule has 0 aliphatic heterocycles. The molecule has 1 heterocycles. The van der Waals surface area contributed by atoms with Gasteiger partial charge in [0.05, 0.1) is 12.8 Å². The minimum atomic E-state index is 0.0168. The zero-order valence-electron chi connectivity index (χ0n) is 17.5. The van der Waals surface area contributed by atoms with Crippen LogP contribution >= 0.6 is 0 Å². The smallest absolute Gasteiger partial charge is 0.128 e. The van der Waals surface area contributed by atoms with Crippen LogP contribution in [0.25, 0.3) is 11.3 Å². The van der Waals surface area contributed by atoms with Crippen LogP contribution in [0.2, 0.25) is 0 Å². The lowest BCUT2D eigenvalue weighted by atomic mass is 9.76. The molecule has 0 saturated heterocycles. The quantitative estimate of drug-likeness (QED) is 0.639. The van der Waals surface area contributed by atoms with Gasteiger partial charge in [0, 0.05) is 11.8 Å². The molecular formula is C24H33NO. The normalized spacial score (nSPS) is 14.9. The highest BCUT2D eigenvalue weighted by atomic mass is 16.5. The summed E-state index contributed by atoms with van der Waals surface area (Å²) in [7, 11) is 1.78. The molecule has 2 nitrogen and oxygen atoms in total. The fourth-order valence-corrected chi connectivity index (χ4v) is 3.92. The largest absolute Gasteiger partial charge is 0.496 e. The molecule has 0 spiro atoms. The molecule has 2 heteroatoms. The molecule has 0 amide bonds. The van der Waals surface area contributed by atoms with Gasteiger partial charge < -0.3 is 4.74 Å². The molecule has 140 valence electrons. The van der Waals surface area contributed by atoms with Gasteiger partial charge in [0.2, 0.25) is 0 Å². The second kappa shape index (κ2) is 6.72. The third-order valence-electron chi connectivity index (χ3n) is 5.51. The predicted molar refractivity (Wildman–Crippen MR) is 110 cm³/mol. The van der Waals surface area contributed by atoms with Gasteiger partial charge in [-0.2, -0.15) is 0 Å². The molecule has 2 aromatic rings. The summed E-state index contributed by atoms with van der Waals surface area (Å²) < 4.78 is 5.92. The monoisotopic (exact) mass is 351 g/mol. The molecular weight excluding hydrogens is 318 g/mol. The van der Waals surface area contributed by atoms with Gasteiger partial charge in [0.1, 0.15) is 5.75 Å². The molecule has 1 aromatic heterocycles. The van der Waals surface area contributed by atoms with Crippen molar-refractivity contribution in [1.29, 1.82) is 0 Å². The third kappa shape index (κ3) is 3.51. The van der Waals surface area contributed by atoms with Crippen LogP contribution in [0.3, 0.4) is 0 Å². The van der Waals surface area contributed by atoms with E-state index in [4.69, 9.17) is 9.72 Å². The summed E-state index contributed by atoms with van der Waals surface area (Å²) >= 11 is 0. The first kappa shape index (κ1) is 18.9. The Morgan fingerprint density at radius 1 is 0.923 bits per heavy atom. The SMILES string of the molecule is COc1cc(C(C)(C)C)cc(C(C)(C)C)c1-c1nccc2c1CCCC2. The van der Waals surface area contributed by atoms with Gasteiger partial charge in [-0.25, -0.2) is 0 Å². The Hall–Kier alpha value is -1.83. The molecule has 0 unspecified atom stereocenters. The summed E-state index contributed by atoms with van der Waals surface area (Å²) in [5.41, 5.74) is 7.93. The van der Waals surface area contributed by atoms with Crippen molar-refractivity contribution in [2.24, 2.45) is 0 Å². The number of methoxy groups -OCH3 is 1. The van der Waals surface area contributed by atoms with Gasteiger partial charge in [-0.15, -0.1) is 0 Å². The molecule has 1 aromatic carbocycles. The van der Waals surface area contributed by atoms with Crippen LogP contribution in [0.15, 0.2) is 24.4 Å². The van der Waals surface area contributed by atoms with Gasteiger partial charge in [0.15, 0.2) is 0 Å². The van der Waals surface area contributed by atoms with Crippen molar-refractivity contribution in [2.45, 2.75) is 78.1 Å². The number of pyridine rings is 1. The van der Waals surface area contributed by atoms with Crippen molar-refractivity contribution in [1.82, 2.24) is 4.98 Å². The molecule has 0 saturated carbocycles. The summed E-state index contributed by atoms with van der Waals surface area (Å²) in [5.74, 6) is 0.953. The van der Waals surface area contributed by atoms with Crippen LogP contribution < -0.4 is 4.74 Å². The summed E-state index contributed by atoms with van der Waals surface area (Å²) in [6, 6.07) is 6.79. The van der Waals surface area contributed by atoms with Crippen molar-refractivity contribution in [3.05, 3.63) is 46.6 Å². The second-order valence-electron chi connectivity index (χ2n) is 9.61. The first-order valence-corrected chi connectivity index (χ1v) is 9.83. The van der Waals surface area contributed by atoms with Gasteiger partial charge in [-0.3, -0.25) is 4.98 Å². The van der Waals surface area contributed by atoms with E-state index in [9.17, 15) is 0 Å². The van der Waals surface area contributed by atoms with E-state index in [2.05, 4.69) is 59.7 Å². The Morgan fingerprint density at radius 3 is 2.23 bits per heavy atom. The average molecular weight is 352 g/mol. The highest BCUT2D eigenvalue weighted by Crippen LogP contribution is 2.44. The first-order chi connectivity index (χ1) is 12.1. The van der Waals surface area contributed by atoms with Crippen molar-refractivity contribution in [3.63, 3.8) is 0 Å². The van der Waals surface area contributed by atoms with Gasteiger partial charge in [-0.1, -0.05) is 47.6 Å². The van der Waals surface area contributed by atoms with Crippen molar-refractivity contribution in [3.8, 4) is 17.0 Å². The van der Waals surface area contributed by atoms with Gasteiger partial charge in [0.25, 0.3) is 0 Å². The van der Waals surface area contributed by atoms with Crippen LogP contribution in [-0.4, -0.2) is 12.1 Å². The topological polar surface area (TPSA) is 22.1 Å². The van der Waals surface area contributed by atoms with E-state index in [1.807, 2.05) is 6.20 Å². The second-order valence-corrected chi connectivity index (χ2v) is 9.61. The van der Waals surface area contributed by atoms with E-state index in [0.717, 1.165) is 24.3 Å². The number of fused-ring (bicyclic) bond motifs is 1. The number of hydrogen-bond donors (Lipinski definition) is 0. The molecule has 1 aliphatic carbocycles. The number of hydrogen-bond acceptors (Lipinski definition) is 2. The fraction of sp³-hybridized carbons (Fsp3) is 0.542. The minimum Gasteiger partial charge on any atom is -0.496 e. The number of aryl methyl sites for hydroxylation is 1. The predicted octanol–water partition coefficient (Wildman–Crippen LogP) is 6.23. The van der Waals surface area contributed by atoms with Crippen molar-refractivity contribution >= 4 is 0 Å². The lowest BCUT2D eigenvalue weighted by molar-refractivity contribution is 0.412. The number of rotatable bonds is 2. The Kier molecular flexibility index (Phi) is 4.90. The maximum Gasteiger partial charge on any atom is 0.128 e. The van der Waals surface area contributed by atoms with Gasteiger partial charge >= 0.3 is 0 Å². The highest BCUT2D eigenvalue weighted by Gasteiger charge is 2.28. The van der Waals surface area contributed by atoms with E-state index in [0.29, 0.717) is 0 Å². The molecule has 0 N–H and O–H groups in total. The van der Waals surface area contributed by atoms with E-state index < -0.39 is 0 Å². The molecule has 1 aliphatic rings. The molecule has 3 rings (SSSR count). The first-order valence-electron chi connectivity index (χ1n) is 9.83. The molecule has 0 fully saturated rings. The maximum absolute atomic E-state index is 5.92. The van der Waals surface area contributed by atoms with E-state index in [-0.39, 0.29) is 10.8 Å². The Bertz CT molecular complexity index is 806. The van der Waals surface area contributed by atoms with Crippen LogP contribution in [0.5, 0.6) is 5.75 Å². The summed E-state index contributed by atoms with van der Waals surface area (Å²) in [6.45, 7) is 13.6. The number of benzene rings is 1. The van der Waals surface area contributed by atoms with E-state index >= 15 is 0 Å². The number of aromatic nitrogens is 1. The number of nitrogens with zero attached hydrogens (tertiary/aromatic N) is 1. The minimum absolute atomic E-state index is 0.0168. The fourth-order valence-electron chi connectivity index (χ4n) is 3.92. The standard InChI is InChI=1S/C24H33NO/c1-23(2,3)17-14-19(24(4,5)6)21(20(15-17)26-7)22-18-11-9-8-10-16(18)12-13-25-22/h12-15H,8-11H2,1-7H3. The molecule has 0 bridgehead atoms. The molecule has 0 radical (unpaired) electrons. The highest BCUT2D eigenvalue weighted by molar-refractivity contribution is 5.76. The van der Waals surface area contributed by atoms with Crippen LogP contribution in [0.4, 0.5) is 0 Å². The zero-order valence-corrected chi connectivity index (χ0v) is 17.5. The van der Waals surface area contributed by atoms with E-state index in [1.54, 1.807) is 7.11 Å². The summed E-state index contributed by atoms with van der Waals surface area (Å²) in [6.07, 6.45) is 6.79. The Labute approximate surface area is 159 Å². The maximum atomic E-state index is 5.92. The van der Waals surface area contributed by atoms with Crippen molar-refractivity contribution < 1.29 is 4.74 Å². The molecule has 26 heavy (non-hydrogen) atoms. The van der Waals surface area contributed by atoms with E-state index in [1.165, 1.54) is 40.7 Å². The van der Waals surface area contributed by atoms with Crippen LogP contribution in [-0.2, 0) is 23.7 Å².